The lowest BCUT2D eigenvalue weighted by atomic mass is 10.2. The maximum atomic E-state index is 12.2. The molecule has 0 aliphatic carbocycles. The van der Waals surface area contributed by atoms with Crippen LogP contribution in [0.3, 0.4) is 0 Å². The maximum Gasteiger partial charge on any atom is 0.573 e. The summed E-state index contributed by atoms with van der Waals surface area (Å²) in [4.78, 5) is 14.7. The molecule has 0 bridgehead atoms. The van der Waals surface area contributed by atoms with E-state index in [0.29, 0.717) is 17.3 Å². The van der Waals surface area contributed by atoms with E-state index in [-0.39, 0.29) is 24.1 Å². The van der Waals surface area contributed by atoms with Crippen molar-refractivity contribution in [2.75, 3.05) is 6.61 Å². The van der Waals surface area contributed by atoms with Crippen molar-refractivity contribution in [3.8, 4) is 5.75 Å². The van der Waals surface area contributed by atoms with Crippen LogP contribution in [0.2, 0.25) is 0 Å². The molecular weight excluding hydrogens is 301 g/mol. The third kappa shape index (κ3) is 3.91. The molecule has 1 aromatic heterocycles. The fraction of sp³-hybridized carbons (Fsp3) is 0.357. The van der Waals surface area contributed by atoms with Gasteiger partial charge in [-0.15, -0.1) is 13.2 Å². The zero-order valence-corrected chi connectivity index (χ0v) is 11.7. The number of hydrogen-bond acceptors (Lipinski definition) is 3. The predicted molar refractivity (Wildman–Crippen MR) is 73.6 cm³/mol. The molecule has 8 heteroatoms. The molecule has 0 spiro atoms. The van der Waals surface area contributed by atoms with Crippen molar-refractivity contribution in [3.63, 3.8) is 0 Å². The minimum atomic E-state index is -4.77. The first-order valence-electron chi connectivity index (χ1n) is 6.62. The van der Waals surface area contributed by atoms with E-state index >= 15 is 0 Å². The molecule has 2 aromatic rings. The minimum Gasteiger partial charge on any atom is -0.406 e. The van der Waals surface area contributed by atoms with Crippen LogP contribution < -0.4 is 10.1 Å². The second-order valence-corrected chi connectivity index (χ2v) is 4.74. The number of alkyl halides is 3. The number of ether oxygens (including phenoxy) is 1. The van der Waals surface area contributed by atoms with Gasteiger partial charge in [-0.05, 0) is 24.6 Å². The molecule has 0 saturated heterocycles. The van der Waals surface area contributed by atoms with E-state index in [1.165, 1.54) is 24.3 Å². The van der Waals surface area contributed by atoms with Crippen LogP contribution in [0, 0.1) is 0 Å². The lowest BCUT2D eigenvalue weighted by molar-refractivity contribution is -0.274. The van der Waals surface area contributed by atoms with E-state index in [1.807, 2.05) is 6.92 Å². The van der Waals surface area contributed by atoms with Gasteiger partial charge in [-0.1, -0.05) is 6.92 Å². The molecule has 2 rings (SSSR count). The first-order valence-corrected chi connectivity index (χ1v) is 6.62. The van der Waals surface area contributed by atoms with Crippen LogP contribution in [0.4, 0.5) is 13.2 Å². The summed E-state index contributed by atoms with van der Waals surface area (Å²) in [7, 11) is 0. The van der Waals surface area contributed by atoms with E-state index in [2.05, 4.69) is 15.0 Å². The number of amides is 1. The van der Waals surface area contributed by atoms with Crippen molar-refractivity contribution in [2.24, 2.45) is 0 Å². The normalized spacial score (nSPS) is 13.1. The number of nitrogens with one attached hydrogen (secondary N) is 2. The second-order valence-electron chi connectivity index (χ2n) is 4.74. The van der Waals surface area contributed by atoms with E-state index in [1.54, 1.807) is 0 Å². The number of aliphatic hydroxyl groups is 1. The van der Waals surface area contributed by atoms with Crippen LogP contribution in [0.1, 0.15) is 23.8 Å². The van der Waals surface area contributed by atoms with Gasteiger partial charge in [0.15, 0.2) is 0 Å². The molecule has 3 N–H and O–H groups in total. The van der Waals surface area contributed by atoms with Crippen LogP contribution in [0.15, 0.2) is 24.3 Å². The number of halogens is 3. The topological polar surface area (TPSA) is 74.3 Å². The van der Waals surface area contributed by atoms with Crippen molar-refractivity contribution in [3.05, 3.63) is 30.0 Å². The Morgan fingerprint density at radius 1 is 1.41 bits per heavy atom. The Morgan fingerprint density at radius 2 is 2.14 bits per heavy atom. The first-order chi connectivity index (χ1) is 10.3. The summed E-state index contributed by atoms with van der Waals surface area (Å²) in [5.74, 6) is -0.800. The fourth-order valence-electron chi connectivity index (χ4n) is 1.97. The van der Waals surface area contributed by atoms with Crippen LogP contribution >= 0.6 is 0 Å². The number of aromatic nitrogens is 1. The molecule has 0 aliphatic rings. The van der Waals surface area contributed by atoms with Gasteiger partial charge in [0, 0.05) is 17.0 Å². The molecule has 0 fully saturated rings. The lowest BCUT2D eigenvalue weighted by Crippen LogP contribution is -2.37. The quantitative estimate of drug-likeness (QED) is 0.793. The highest BCUT2D eigenvalue weighted by atomic mass is 19.4. The molecule has 1 atom stereocenters. The van der Waals surface area contributed by atoms with Crippen molar-refractivity contribution in [1.29, 1.82) is 0 Å². The summed E-state index contributed by atoms with van der Waals surface area (Å²) in [5, 5.41) is 12.3. The predicted octanol–water partition coefficient (Wildman–Crippen LogP) is 2.57. The summed E-state index contributed by atoms with van der Waals surface area (Å²) in [6, 6.07) is 4.92. The van der Waals surface area contributed by atoms with Gasteiger partial charge in [0.1, 0.15) is 11.4 Å². The summed E-state index contributed by atoms with van der Waals surface area (Å²) in [5.41, 5.74) is 0.551. The van der Waals surface area contributed by atoms with Crippen molar-refractivity contribution in [1.82, 2.24) is 10.3 Å². The highest BCUT2D eigenvalue weighted by Gasteiger charge is 2.31. The second kappa shape index (κ2) is 6.27. The van der Waals surface area contributed by atoms with E-state index in [0.717, 1.165) is 0 Å². The average molecular weight is 316 g/mol. The number of aliphatic hydroxyl groups excluding tert-OH is 1. The fourth-order valence-corrected chi connectivity index (χ4v) is 1.97. The zero-order chi connectivity index (χ0) is 16.3. The Labute approximate surface area is 124 Å². The largest absolute Gasteiger partial charge is 0.573 e. The van der Waals surface area contributed by atoms with Crippen molar-refractivity contribution >= 4 is 16.8 Å². The van der Waals surface area contributed by atoms with Gasteiger partial charge < -0.3 is 20.1 Å². The Kier molecular flexibility index (Phi) is 4.60. The van der Waals surface area contributed by atoms with Crippen LogP contribution in [0.25, 0.3) is 10.9 Å². The van der Waals surface area contributed by atoms with Crippen LogP contribution in [-0.2, 0) is 0 Å². The van der Waals surface area contributed by atoms with Crippen LogP contribution in [-0.4, -0.2) is 35.0 Å². The van der Waals surface area contributed by atoms with Gasteiger partial charge >= 0.3 is 6.36 Å². The standard InChI is InChI=1S/C14H15F3N2O3/c1-2-9(7-20)18-13(21)12-5-8-3-4-10(6-11(8)19-12)22-14(15,16)17/h3-6,9,19-20H,2,7H2,1H3,(H,18,21). The Hall–Kier alpha value is -2.22. The van der Waals surface area contributed by atoms with E-state index in [4.69, 9.17) is 5.11 Å². The number of hydrogen-bond donors (Lipinski definition) is 3. The van der Waals surface area contributed by atoms with Crippen molar-refractivity contribution in [2.45, 2.75) is 25.7 Å². The molecule has 22 heavy (non-hydrogen) atoms. The van der Waals surface area contributed by atoms with Crippen molar-refractivity contribution < 1.29 is 27.8 Å². The molecular formula is C14H15F3N2O3. The van der Waals surface area contributed by atoms with E-state index in [9.17, 15) is 18.0 Å². The number of benzene rings is 1. The monoisotopic (exact) mass is 316 g/mol. The highest BCUT2D eigenvalue weighted by molar-refractivity contribution is 5.98. The summed E-state index contributed by atoms with van der Waals surface area (Å²) < 4.78 is 40.4. The molecule has 1 unspecified atom stereocenters. The number of H-pyrrole nitrogens is 1. The minimum absolute atomic E-state index is 0.188. The third-order valence-electron chi connectivity index (χ3n) is 3.12. The molecule has 1 aromatic carbocycles. The number of carbonyl (C=O) groups excluding carboxylic acids is 1. The molecule has 5 nitrogen and oxygen atoms in total. The molecule has 0 radical (unpaired) electrons. The molecule has 0 aliphatic heterocycles. The lowest BCUT2D eigenvalue weighted by Gasteiger charge is -2.12. The van der Waals surface area contributed by atoms with Gasteiger partial charge in [0.05, 0.1) is 12.6 Å². The number of aromatic amines is 1. The number of fused-ring (bicyclic) bond motifs is 1. The van der Waals surface area contributed by atoms with E-state index < -0.39 is 12.3 Å². The maximum absolute atomic E-state index is 12.2. The summed E-state index contributed by atoms with van der Waals surface area (Å²) in [6.45, 7) is 1.62. The van der Waals surface area contributed by atoms with Gasteiger partial charge in [-0.2, -0.15) is 0 Å². The van der Waals surface area contributed by atoms with Crippen LogP contribution in [0.5, 0.6) is 5.75 Å². The van der Waals surface area contributed by atoms with Gasteiger partial charge in [0.25, 0.3) is 5.91 Å². The summed E-state index contributed by atoms with van der Waals surface area (Å²) >= 11 is 0. The number of carbonyl (C=O) groups is 1. The third-order valence-corrected chi connectivity index (χ3v) is 3.12. The molecule has 1 heterocycles. The highest BCUT2D eigenvalue weighted by Crippen LogP contribution is 2.26. The summed E-state index contributed by atoms with van der Waals surface area (Å²) in [6.07, 6.45) is -4.21. The average Bonchev–Trinajstić information content (AvgIpc) is 2.86. The SMILES string of the molecule is CCC(CO)NC(=O)c1cc2ccc(OC(F)(F)F)cc2[nH]1. The van der Waals surface area contributed by atoms with Gasteiger partial charge in [-0.3, -0.25) is 4.79 Å². The molecule has 120 valence electrons. The smallest absolute Gasteiger partial charge is 0.406 e. The zero-order valence-electron chi connectivity index (χ0n) is 11.7. The first kappa shape index (κ1) is 16.2. The molecule has 1 amide bonds. The molecule has 0 saturated carbocycles. The Morgan fingerprint density at radius 3 is 2.73 bits per heavy atom. The number of rotatable bonds is 5. The van der Waals surface area contributed by atoms with Gasteiger partial charge in [0.2, 0.25) is 0 Å². The van der Waals surface area contributed by atoms with Gasteiger partial charge in [-0.25, -0.2) is 0 Å². The Balaban J connectivity index is 2.21. The Bertz CT molecular complexity index is 663.